The molecule has 0 heterocycles. The number of halogens is 1. The van der Waals surface area contributed by atoms with Gasteiger partial charge in [-0.1, -0.05) is 36.4 Å². The van der Waals surface area contributed by atoms with Gasteiger partial charge in [0.1, 0.15) is 5.75 Å². The Kier molecular flexibility index (Phi) is 5.00. The van der Waals surface area contributed by atoms with Crippen molar-refractivity contribution in [3.8, 4) is 5.75 Å². The van der Waals surface area contributed by atoms with E-state index in [2.05, 4.69) is 15.9 Å². The van der Waals surface area contributed by atoms with E-state index >= 15 is 0 Å². The van der Waals surface area contributed by atoms with Crippen LogP contribution in [-0.2, 0) is 6.42 Å². The molecule has 0 spiro atoms. The van der Waals surface area contributed by atoms with Crippen LogP contribution in [0, 0.1) is 0 Å². The predicted octanol–water partition coefficient (Wildman–Crippen LogP) is 4.12. The largest absolute Gasteiger partial charge is 0.493 e. The molecule has 0 fully saturated rings. The maximum absolute atomic E-state index is 10.3. The van der Waals surface area contributed by atoms with Gasteiger partial charge in [-0.15, -0.1) is 0 Å². The summed E-state index contributed by atoms with van der Waals surface area (Å²) in [4.78, 5) is 0. The molecular formula is C16H17BrO2. The van der Waals surface area contributed by atoms with Gasteiger partial charge in [-0.05, 0) is 46.1 Å². The van der Waals surface area contributed by atoms with E-state index < -0.39 is 6.10 Å². The lowest BCUT2D eigenvalue weighted by molar-refractivity contribution is 0.178. The van der Waals surface area contributed by atoms with Gasteiger partial charge in [0.15, 0.2) is 0 Å². The quantitative estimate of drug-likeness (QED) is 0.897. The molecule has 2 rings (SSSR count). The summed E-state index contributed by atoms with van der Waals surface area (Å²) in [5.74, 6) is 0.804. The third-order valence-corrected chi connectivity index (χ3v) is 3.53. The van der Waals surface area contributed by atoms with Crippen LogP contribution in [0.4, 0.5) is 0 Å². The average Bonchev–Trinajstić information content (AvgIpc) is 2.42. The van der Waals surface area contributed by atoms with Gasteiger partial charge in [0.2, 0.25) is 0 Å². The molecule has 0 saturated carbocycles. The molecule has 0 radical (unpaired) electrons. The number of rotatable bonds is 5. The minimum absolute atomic E-state index is 0.505. The second-order valence-corrected chi connectivity index (χ2v) is 5.18. The molecule has 3 heteroatoms. The van der Waals surface area contributed by atoms with Crippen molar-refractivity contribution in [3.63, 3.8) is 0 Å². The molecule has 0 aliphatic rings. The van der Waals surface area contributed by atoms with Crippen LogP contribution in [0.3, 0.4) is 0 Å². The predicted molar refractivity (Wildman–Crippen MR) is 80.4 cm³/mol. The molecular weight excluding hydrogens is 304 g/mol. The topological polar surface area (TPSA) is 29.5 Å². The van der Waals surface area contributed by atoms with Gasteiger partial charge in [0.25, 0.3) is 0 Å². The molecule has 0 bridgehead atoms. The molecule has 0 aromatic heterocycles. The zero-order valence-corrected chi connectivity index (χ0v) is 12.4. The molecule has 2 nitrogen and oxygen atoms in total. The van der Waals surface area contributed by atoms with E-state index in [0.29, 0.717) is 13.0 Å². The van der Waals surface area contributed by atoms with Crippen LogP contribution in [-0.4, -0.2) is 11.7 Å². The van der Waals surface area contributed by atoms with Crippen molar-refractivity contribution in [3.05, 3.63) is 64.1 Å². The molecule has 2 aromatic carbocycles. The molecule has 100 valence electrons. The lowest BCUT2D eigenvalue weighted by Crippen LogP contribution is -2.02. The summed E-state index contributed by atoms with van der Waals surface area (Å²) in [6.07, 6.45) is 0.107. The first-order valence-corrected chi connectivity index (χ1v) is 7.14. The molecule has 0 amide bonds. The van der Waals surface area contributed by atoms with Crippen LogP contribution in [0.1, 0.15) is 24.2 Å². The fourth-order valence-electron chi connectivity index (χ4n) is 1.95. The lowest BCUT2D eigenvalue weighted by Gasteiger charge is -2.13. The first-order chi connectivity index (χ1) is 9.20. The first kappa shape index (κ1) is 14.1. The summed E-state index contributed by atoms with van der Waals surface area (Å²) in [6.45, 7) is 2.58. The third-order valence-electron chi connectivity index (χ3n) is 2.91. The van der Waals surface area contributed by atoms with Crippen molar-refractivity contribution in [2.24, 2.45) is 0 Å². The SMILES string of the molecule is CCOc1ccc(C(O)Cc2ccccc2)cc1Br. The Balaban J connectivity index is 2.11. The number of hydrogen-bond donors (Lipinski definition) is 1. The van der Waals surface area contributed by atoms with Gasteiger partial charge in [0, 0.05) is 6.42 Å². The zero-order chi connectivity index (χ0) is 13.7. The smallest absolute Gasteiger partial charge is 0.133 e. The van der Waals surface area contributed by atoms with Crippen molar-refractivity contribution in [1.82, 2.24) is 0 Å². The van der Waals surface area contributed by atoms with Crippen molar-refractivity contribution in [2.45, 2.75) is 19.4 Å². The maximum atomic E-state index is 10.3. The second-order valence-electron chi connectivity index (χ2n) is 4.33. The molecule has 2 aromatic rings. The number of aliphatic hydroxyl groups is 1. The van der Waals surface area contributed by atoms with Crippen LogP contribution < -0.4 is 4.74 Å². The van der Waals surface area contributed by atoms with E-state index in [1.54, 1.807) is 0 Å². The van der Waals surface area contributed by atoms with Gasteiger partial charge >= 0.3 is 0 Å². The summed E-state index contributed by atoms with van der Waals surface area (Å²) in [5.41, 5.74) is 2.01. The molecule has 1 unspecified atom stereocenters. The Hall–Kier alpha value is -1.32. The van der Waals surface area contributed by atoms with E-state index in [4.69, 9.17) is 4.74 Å². The molecule has 19 heavy (non-hydrogen) atoms. The minimum Gasteiger partial charge on any atom is -0.493 e. The van der Waals surface area contributed by atoms with Crippen LogP contribution in [0.2, 0.25) is 0 Å². The van der Waals surface area contributed by atoms with Crippen LogP contribution in [0.5, 0.6) is 5.75 Å². The summed E-state index contributed by atoms with van der Waals surface area (Å²) in [6, 6.07) is 15.7. The van der Waals surface area contributed by atoms with Gasteiger partial charge in [-0.3, -0.25) is 0 Å². The summed E-state index contributed by atoms with van der Waals surface area (Å²) >= 11 is 3.47. The van der Waals surface area contributed by atoms with Gasteiger partial charge in [-0.25, -0.2) is 0 Å². The first-order valence-electron chi connectivity index (χ1n) is 6.35. The van der Waals surface area contributed by atoms with Gasteiger partial charge < -0.3 is 9.84 Å². The fourth-order valence-corrected chi connectivity index (χ4v) is 2.46. The molecule has 0 saturated heterocycles. The van der Waals surface area contributed by atoms with E-state index in [9.17, 15) is 5.11 Å². The van der Waals surface area contributed by atoms with Crippen molar-refractivity contribution >= 4 is 15.9 Å². The van der Waals surface area contributed by atoms with Crippen molar-refractivity contribution in [1.29, 1.82) is 0 Å². The second kappa shape index (κ2) is 6.73. The molecule has 1 atom stereocenters. The van der Waals surface area contributed by atoms with Gasteiger partial charge in [0.05, 0.1) is 17.2 Å². The van der Waals surface area contributed by atoms with Crippen LogP contribution >= 0.6 is 15.9 Å². The highest BCUT2D eigenvalue weighted by Gasteiger charge is 2.11. The lowest BCUT2D eigenvalue weighted by atomic mass is 10.0. The van der Waals surface area contributed by atoms with E-state index in [0.717, 1.165) is 21.3 Å². The number of aliphatic hydroxyl groups excluding tert-OH is 1. The number of hydrogen-bond acceptors (Lipinski definition) is 2. The number of benzene rings is 2. The maximum Gasteiger partial charge on any atom is 0.133 e. The highest BCUT2D eigenvalue weighted by Crippen LogP contribution is 2.29. The molecule has 1 N–H and O–H groups in total. The monoisotopic (exact) mass is 320 g/mol. The normalized spacial score (nSPS) is 12.2. The van der Waals surface area contributed by atoms with Crippen LogP contribution in [0.25, 0.3) is 0 Å². The van der Waals surface area contributed by atoms with Crippen molar-refractivity contribution in [2.75, 3.05) is 6.61 Å². The molecule has 0 aliphatic carbocycles. The van der Waals surface area contributed by atoms with E-state index in [-0.39, 0.29) is 0 Å². The van der Waals surface area contributed by atoms with E-state index in [1.165, 1.54) is 0 Å². The highest BCUT2D eigenvalue weighted by atomic mass is 79.9. The highest BCUT2D eigenvalue weighted by molar-refractivity contribution is 9.10. The zero-order valence-electron chi connectivity index (χ0n) is 10.8. The Bertz CT molecular complexity index is 526. The van der Waals surface area contributed by atoms with Crippen LogP contribution in [0.15, 0.2) is 53.0 Å². The summed E-state index contributed by atoms with van der Waals surface area (Å²) in [7, 11) is 0. The van der Waals surface area contributed by atoms with E-state index in [1.807, 2.05) is 55.5 Å². The Morgan fingerprint density at radius 3 is 2.53 bits per heavy atom. The summed E-state index contributed by atoms with van der Waals surface area (Å²) < 4.78 is 6.34. The van der Waals surface area contributed by atoms with Crippen molar-refractivity contribution < 1.29 is 9.84 Å². The Morgan fingerprint density at radius 1 is 1.16 bits per heavy atom. The number of ether oxygens (including phenoxy) is 1. The Morgan fingerprint density at radius 2 is 1.89 bits per heavy atom. The third kappa shape index (κ3) is 3.82. The Labute approximate surface area is 122 Å². The summed E-state index contributed by atoms with van der Waals surface area (Å²) in [5, 5.41) is 10.3. The minimum atomic E-state index is -0.505. The van der Waals surface area contributed by atoms with Gasteiger partial charge in [-0.2, -0.15) is 0 Å². The fraction of sp³-hybridized carbons (Fsp3) is 0.250. The molecule has 0 aliphatic heterocycles. The average molecular weight is 321 g/mol. The standard InChI is InChI=1S/C16H17BrO2/c1-2-19-16-9-8-13(11-14(16)17)15(18)10-12-6-4-3-5-7-12/h3-9,11,15,18H,2,10H2,1H3.